The molecule has 0 fully saturated rings. The quantitative estimate of drug-likeness (QED) is 0.492. The first kappa shape index (κ1) is 23.6. The van der Waals surface area contributed by atoms with E-state index in [1.165, 1.54) is 6.33 Å². The lowest BCUT2D eigenvalue weighted by Crippen LogP contribution is -2.25. The van der Waals surface area contributed by atoms with Crippen LogP contribution in [0, 0.1) is 6.92 Å². The normalized spacial score (nSPS) is 12.2. The number of thioether (sulfide) groups is 1. The van der Waals surface area contributed by atoms with E-state index >= 15 is 0 Å². The molecule has 1 aromatic carbocycles. The average Bonchev–Trinajstić information content (AvgIpc) is 2.70. The number of aryl methyl sites for hydroxylation is 1. The van der Waals surface area contributed by atoms with Crippen LogP contribution in [0.4, 0.5) is 5.82 Å². The number of carbonyl (C=O) groups is 2. The van der Waals surface area contributed by atoms with Crippen LogP contribution >= 0.6 is 20.0 Å². The molecule has 1 aromatic heterocycles. The lowest BCUT2D eigenvalue weighted by molar-refractivity contribution is -0.119. The molecule has 0 aliphatic heterocycles. The van der Waals surface area contributed by atoms with Crippen molar-refractivity contribution in [2.45, 2.75) is 26.7 Å². The summed E-state index contributed by atoms with van der Waals surface area (Å²) in [4.78, 5) is 42.3. The smallest absolute Gasteiger partial charge is 0.383 e. The summed E-state index contributed by atoms with van der Waals surface area (Å²) in [5.41, 5.74) is 7.90. The summed E-state index contributed by atoms with van der Waals surface area (Å²) in [6.45, 7) is 3.30. The van der Waals surface area contributed by atoms with Gasteiger partial charge in [0.2, 0.25) is 11.0 Å². The second kappa shape index (κ2) is 11.5. The van der Waals surface area contributed by atoms with Gasteiger partial charge in [-0.15, -0.1) is 9.42 Å². The van der Waals surface area contributed by atoms with Crippen LogP contribution in [0.25, 0.3) is 0 Å². The van der Waals surface area contributed by atoms with Crippen molar-refractivity contribution in [1.29, 1.82) is 0 Å². The first-order valence-electron chi connectivity index (χ1n) is 8.89. The lowest BCUT2D eigenvalue weighted by atomic mass is 10.1. The summed E-state index contributed by atoms with van der Waals surface area (Å²) in [7, 11) is -2.75. The molecule has 1 atom stereocenters. The predicted octanol–water partition coefficient (Wildman–Crippen LogP) is 2.89. The van der Waals surface area contributed by atoms with Crippen LogP contribution in [-0.4, -0.2) is 32.5 Å². The Morgan fingerprint density at radius 3 is 2.60 bits per heavy atom. The molecule has 30 heavy (non-hydrogen) atoms. The third-order valence-electron chi connectivity index (χ3n) is 4.03. The fourth-order valence-corrected chi connectivity index (χ4v) is 3.61. The Hall–Kier alpha value is -2.65. The molecule has 2 rings (SSSR count). The molecule has 0 bridgehead atoms. The summed E-state index contributed by atoms with van der Waals surface area (Å²) >= 11 is 0.932. The molecule has 11 heteroatoms. The first-order valence-corrected chi connectivity index (χ1v) is 10.8. The predicted molar refractivity (Wildman–Crippen MR) is 114 cm³/mol. The highest BCUT2D eigenvalue weighted by Gasteiger charge is 2.18. The van der Waals surface area contributed by atoms with Gasteiger partial charge in [-0.1, -0.05) is 30.3 Å². The molecule has 0 saturated heterocycles. The Bertz CT molecular complexity index is 948. The molecule has 0 spiro atoms. The van der Waals surface area contributed by atoms with E-state index in [-0.39, 0.29) is 36.3 Å². The number of hydrogen-bond donors (Lipinski definition) is 3. The van der Waals surface area contributed by atoms with E-state index in [2.05, 4.69) is 15.3 Å². The van der Waals surface area contributed by atoms with Crippen LogP contribution in [0.3, 0.4) is 0 Å². The van der Waals surface area contributed by atoms with Gasteiger partial charge in [0.1, 0.15) is 18.8 Å². The second-order valence-electron chi connectivity index (χ2n) is 6.17. The number of hydrogen-bond acceptors (Lipinski definition) is 8. The number of rotatable bonds is 9. The molecule has 4 N–H and O–H groups in total. The third-order valence-corrected chi connectivity index (χ3v) is 5.61. The van der Waals surface area contributed by atoms with Gasteiger partial charge in [0.25, 0.3) is 0 Å². The molecule has 158 valence electrons. The largest absolute Gasteiger partial charge is 0.694 e. The monoisotopic (exact) mass is 449 g/mol. The number of nitrogens with two attached hydrogens (primary N) is 1. The van der Waals surface area contributed by atoms with Crippen molar-refractivity contribution in [3.63, 3.8) is 0 Å². The maximum absolute atomic E-state index is 12.6. The fourth-order valence-electron chi connectivity index (χ4n) is 2.50. The highest BCUT2D eigenvalue weighted by molar-refractivity contribution is 8.17. The molecule has 0 aliphatic rings. The van der Waals surface area contributed by atoms with Gasteiger partial charge < -0.3 is 11.1 Å². The molecule has 1 unspecified atom stereocenters. The minimum Gasteiger partial charge on any atom is -0.383 e. The second-order valence-corrected chi connectivity index (χ2v) is 7.97. The van der Waals surface area contributed by atoms with Gasteiger partial charge in [0.15, 0.2) is 0 Å². The molecule has 1 amide bonds. The maximum Gasteiger partial charge on any atom is 0.694 e. The van der Waals surface area contributed by atoms with Gasteiger partial charge in [-0.3, -0.25) is 9.59 Å². The van der Waals surface area contributed by atoms with Gasteiger partial charge in [-0.25, -0.2) is 9.97 Å². The minimum absolute atomic E-state index is 0.0283. The van der Waals surface area contributed by atoms with Gasteiger partial charge in [-0.2, -0.15) is 0 Å². The van der Waals surface area contributed by atoms with Crippen LogP contribution in [0.15, 0.2) is 47.3 Å². The zero-order valence-corrected chi connectivity index (χ0v) is 18.2. The third kappa shape index (κ3) is 7.31. The summed E-state index contributed by atoms with van der Waals surface area (Å²) in [5, 5.41) is 2.53. The standard InChI is InChI=1S/C19H21N4O5PS/c1-12-15(18(20)22-11-21-12)10-17(24)23-13(2)16(8-9-28-29(26)27)30-19(25)14-6-4-3-5-7-14/h3-7,11H,8-10H2,1-2H3,(H3-,20,21,22,23,24,26,27)/p+1/b16-13+. The van der Waals surface area contributed by atoms with E-state index in [1.807, 2.05) is 0 Å². The molecule has 0 aliphatic carbocycles. The highest BCUT2D eigenvalue weighted by Crippen LogP contribution is 2.28. The Kier molecular flexibility index (Phi) is 9.07. The zero-order chi connectivity index (χ0) is 22.1. The van der Waals surface area contributed by atoms with Crippen molar-refractivity contribution >= 4 is 36.9 Å². The summed E-state index contributed by atoms with van der Waals surface area (Å²) in [6.07, 6.45) is 1.47. The average molecular weight is 449 g/mol. The van der Waals surface area contributed by atoms with E-state index in [9.17, 15) is 14.2 Å². The number of amides is 1. The van der Waals surface area contributed by atoms with Crippen LogP contribution in [0.5, 0.6) is 0 Å². The van der Waals surface area contributed by atoms with Gasteiger partial charge >= 0.3 is 8.25 Å². The van der Waals surface area contributed by atoms with Crippen molar-refractivity contribution in [2.75, 3.05) is 12.3 Å². The van der Waals surface area contributed by atoms with Crippen LogP contribution in [0.1, 0.15) is 35.0 Å². The highest BCUT2D eigenvalue weighted by atomic mass is 32.2. The van der Waals surface area contributed by atoms with Crippen LogP contribution in [-0.2, 0) is 20.3 Å². The van der Waals surface area contributed by atoms with Crippen LogP contribution < -0.4 is 11.1 Å². The molecular weight excluding hydrogens is 427 g/mol. The van der Waals surface area contributed by atoms with Crippen molar-refractivity contribution in [3.05, 3.63) is 64.1 Å². The van der Waals surface area contributed by atoms with E-state index in [4.69, 9.17) is 15.2 Å². The van der Waals surface area contributed by atoms with Gasteiger partial charge in [0.05, 0.1) is 6.42 Å². The number of nitrogen functional groups attached to an aromatic ring is 1. The SMILES string of the molecule is C/C(NC(=O)Cc1c(C)ncnc1N)=C(/CCO[P+](=O)O)SC(=O)c1ccccc1. The number of aromatic nitrogens is 2. The molecule has 2 aromatic rings. The number of nitrogens with zero attached hydrogens (tertiary/aromatic N) is 2. The molecule has 9 nitrogen and oxygen atoms in total. The first-order chi connectivity index (χ1) is 14.3. The summed E-state index contributed by atoms with van der Waals surface area (Å²) in [5.74, 6) is -0.121. The molecule has 0 radical (unpaired) electrons. The molecule has 0 saturated carbocycles. The van der Waals surface area contributed by atoms with Crippen molar-refractivity contribution in [2.24, 2.45) is 0 Å². The van der Waals surface area contributed by atoms with E-state index in [1.54, 1.807) is 44.2 Å². The van der Waals surface area contributed by atoms with E-state index in [0.29, 0.717) is 27.4 Å². The Morgan fingerprint density at radius 1 is 1.27 bits per heavy atom. The van der Waals surface area contributed by atoms with E-state index in [0.717, 1.165) is 11.8 Å². The Balaban J connectivity index is 2.15. The topological polar surface area (TPSA) is 145 Å². The summed E-state index contributed by atoms with van der Waals surface area (Å²) < 4.78 is 15.5. The van der Waals surface area contributed by atoms with Crippen LogP contribution in [0.2, 0.25) is 0 Å². The number of anilines is 1. The maximum atomic E-state index is 12.6. The lowest BCUT2D eigenvalue weighted by Gasteiger charge is -2.13. The number of benzene rings is 1. The minimum atomic E-state index is -2.75. The van der Waals surface area contributed by atoms with Gasteiger partial charge in [0, 0.05) is 38.4 Å². The fraction of sp³-hybridized carbons (Fsp3) is 0.263. The van der Waals surface area contributed by atoms with Crippen molar-refractivity contribution in [1.82, 2.24) is 15.3 Å². The Labute approximate surface area is 179 Å². The van der Waals surface area contributed by atoms with Crippen molar-refractivity contribution < 1.29 is 23.6 Å². The molecule has 1 heterocycles. The zero-order valence-electron chi connectivity index (χ0n) is 16.5. The number of nitrogens with one attached hydrogen (secondary N) is 1. The molecular formula is C19H22N4O5PS+. The Morgan fingerprint density at radius 2 is 1.97 bits per heavy atom. The van der Waals surface area contributed by atoms with Crippen molar-refractivity contribution in [3.8, 4) is 0 Å². The van der Waals surface area contributed by atoms with E-state index < -0.39 is 8.25 Å². The number of allylic oxidation sites excluding steroid dienone is 1. The number of carbonyl (C=O) groups excluding carboxylic acids is 2. The summed E-state index contributed by atoms with van der Waals surface area (Å²) in [6, 6.07) is 8.67. The van der Waals surface area contributed by atoms with Gasteiger partial charge in [-0.05, 0) is 25.6 Å².